The molecule has 1 unspecified atom stereocenters. The van der Waals surface area contributed by atoms with Crippen molar-refractivity contribution < 1.29 is 0 Å². The van der Waals surface area contributed by atoms with Gasteiger partial charge in [0.15, 0.2) is 0 Å². The summed E-state index contributed by atoms with van der Waals surface area (Å²) in [5, 5.41) is 4.40. The van der Waals surface area contributed by atoms with Crippen LogP contribution in [0.2, 0.25) is 0 Å². The first-order chi connectivity index (χ1) is 5.93. The lowest BCUT2D eigenvalue weighted by atomic mass is 9.99. The Morgan fingerprint density at radius 1 is 1.08 bits per heavy atom. The Labute approximate surface area is 76.9 Å². The highest BCUT2D eigenvalue weighted by Crippen LogP contribution is 2.14. The minimum absolute atomic E-state index is 0.760. The molecule has 0 N–H and O–H groups in total. The number of hydrogen-bond acceptors (Lipinski definition) is 0. The molecule has 0 spiro atoms. The molecule has 0 aromatic carbocycles. The van der Waals surface area contributed by atoms with Crippen molar-refractivity contribution in [3.8, 4) is 0 Å². The highest BCUT2D eigenvalue weighted by atomic mass is 15.0. The van der Waals surface area contributed by atoms with Crippen LogP contribution in [-0.2, 0) is 0 Å². The molecule has 71 valence electrons. The Morgan fingerprint density at radius 3 is 2.33 bits per heavy atom. The Bertz CT molecular complexity index is 97.2. The van der Waals surface area contributed by atoms with Crippen LogP contribution in [0.5, 0.6) is 0 Å². The van der Waals surface area contributed by atoms with E-state index in [4.69, 9.17) is 0 Å². The van der Waals surface area contributed by atoms with E-state index in [0.29, 0.717) is 0 Å². The summed E-state index contributed by atoms with van der Waals surface area (Å²) in [5.74, 6) is 0. The zero-order valence-corrected chi connectivity index (χ0v) is 8.39. The summed E-state index contributed by atoms with van der Waals surface area (Å²) in [6, 6.07) is 0.760. The molecule has 1 heterocycles. The number of nitrogens with zero attached hydrogens (tertiary/aromatic N) is 1. The third-order valence-electron chi connectivity index (χ3n) is 2.74. The predicted molar refractivity (Wildman–Crippen MR) is 53.4 cm³/mol. The van der Waals surface area contributed by atoms with Gasteiger partial charge in [-0.15, -0.1) is 0 Å². The molecule has 1 aliphatic heterocycles. The molecule has 1 radical (unpaired) electrons. The largest absolute Gasteiger partial charge is 0.238 e. The minimum Gasteiger partial charge on any atom is -0.238 e. The van der Waals surface area contributed by atoms with Gasteiger partial charge in [-0.3, -0.25) is 0 Å². The molecule has 12 heavy (non-hydrogen) atoms. The first-order valence-corrected chi connectivity index (χ1v) is 5.60. The lowest BCUT2D eigenvalue weighted by Gasteiger charge is -2.24. The second kappa shape index (κ2) is 6.47. The quantitative estimate of drug-likeness (QED) is 0.519. The molecule has 1 aliphatic rings. The Balaban J connectivity index is 1.70. The average molecular weight is 168 g/mol. The van der Waals surface area contributed by atoms with Crippen LogP contribution in [0.1, 0.15) is 58.3 Å². The van der Waals surface area contributed by atoms with Crippen LogP contribution in [-0.4, -0.2) is 12.6 Å². The van der Waals surface area contributed by atoms with E-state index in [-0.39, 0.29) is 0 Å². The topological polar surface area (TPSA) is 14.1 Å². The van der Waals surface area contributed by atoms with Gasteiger partial charge in [-0.1, -0.05) is 45.4 Å². The summed E-state index contributed by atoms with van der Waals surface area (Å²) in [4.78, 5) is 0. The van der Waals surface area contributed by atoms with Gasteiger partial charge >= 0.3 is 0 Å². The fourth-order valence-corrected chi connectivity index (χ4v) is 1.71. The monoisotopic (exact) mass is 168 g/mol. The highest BCUT2D eigenvalue weighted by molar-refractivity contribution is 4.76. The van der Waals surface area contributed by atoms with Gasteiger partial charge in [0, 0.05) is 12.6 Å². The van der Waals surface area contributed by atoms with Gasteiger partial charge in [-0.2, -0.15) is 0 Å². The van der Waals surface area contributed by atoms with Crippen LogP contribution >= 0.6 is 0 Å². The minimum atomic E-state index is 0.760. The van der Waals surface area contributed by atoms with Gasteiger partial charge in [0.25, 0.3) is 0 Å². The maximum absolute atomic E-state index is 4.40. The molecule has 0 amide bonds. The van der Waals surface area contributed by atoms with Crippen LogP contribution in [0.3, 0.4) is 0 Å². The summed E-state index contributed by atoms with van der Waals surface area (Å²) < 4.78 is 0. The van der Waals surface area contributed by atoms with Crippen molar-refractivity contribution in [1.29, 1.82) is 0 Å². The Kier molecular flexibility index (Phi) is 5.42. The molecule has 1 heteroatoms. The predicted octanol–water partition coefficient (Wildman–Crippen LogP) is 3.11. The molecule has 1 nitrogen and oxygen atoms in total. The molecule has 1 rings (SSSR count). The summed E-state index contributed by atoms with van der Waals surface area (Å²) in [7, 11) is 0. The average Bonchev–Trinajstić information content (AvgIpc) is 2.00. The lowest BCUT2D eigenvalue weighted by Crippen LogP contribution is -2.35. The highest BCUT2D eigenvalue weighted by Gasteiger charge is 2.16. The molecule has 1 fully saturated rings. The van der Waals surface area contributed by atoms with Crippen molar-refractivity contribution in [2.75, 3.05) is 6.54 Å². The Hall–Kier alpha value is -0.0400. The summed E-state index contributed by atoms with van der Waals surface area (Å²) in [6.45, 7) is 3.41. The van der Waals surface area contributed by atoms with Gasteiger partial charge in [0.1, 0.15) is 0 Å². The van der Waals surface area contributed by atoms with Gasteiger partial charge in [-0.05, 0) is 12.8 Å². The fourth-order valence-electron chi connectivity index (χ4n) is 1.71. The van der Waals surface area contributed by atoms with Crippen molar-refractivity contribution in [2.24, 2.45) is 0 Å². The zero-order valence-electron chi connectivity index (χ0n) is 8.39. The Morgan fingerprint density at radius 2 is 1.75 bits per heavy atom. The van der Waals surface area contributed by atoms with Crippen LogP contribution in [0.15, 0.2) is 0 Å². The number of rotatable bonds is 7. The first kappa shape index (κ1) is 10.0. The number of unbranched alkanes of at least 4 members (excludes halogenated alkanes) is 5. The molecule has 0 aromatic heterocycles. The fraction of sp³-hybridized carbons (Fsp3) is 1.00. The standard InChI is InChI=1S/C11H22N/c1-2-3-4-5-6-7-8-11-9-10-12-11/h11H,2-10H2,1H3. The van der Waals surface area contributed by atoms with Gasteiger partial charge in [0.05, 0.1) is 0 Å². The smallest absolute Gasteiger partial charge is 0.0258 e. The van der Waals surface area contributed by atoms with Crippen molar-refractivity contribution in [2.45, 2.75) is 64.3 Å². The maximum Gasteiger partial charge on any atom is 0.0258 e. The van der Waals surface area contributed by atoms with Crippen molar-refractivity contribution in [3.63, 3.8) is 0 Å². The van der Waals surface area contributed by atoms with E-state index in [1.807, 2.05) is 0 Å². The summed E-state index contributed by atoms with van der Waals surface area (Å²) >= 11 is 0. The van der Waals surface area contributed by atoms with E-state index in [1.54, 1.807) is 0 Å². The van der Waals surface area contributed by atoms with E-state index >= 15 is 0 Å². The van der Waals surface area contributed by atoms with Crippen molar-refractivity contribution in [3.05, 3.63) is 0 Å². The lowest BCUT2D eigenvalue weighted by molar-refractivity contribution is 0.330. The second-order valence-corrected chi connectivity index (χ2v) is 3.91. The van der Waals surface area contributed by atoms with Crippen LogP contribution < -0.4 is 5.32 Å². The molecule has 1 atom stereocenters. The SMILES string of the molecule is CCCCCCCCC1CC[N]1. The third-order valence-corrected chi connectivity index (χ3v) is 2.74. The van der Waals surface area contributed by atoms with Crippen molar-refractivity contribution >= 4 is 0 Å². The van der Waals surface area contributed by atoms with Crippen LogP contribution in [0.25, 0.3) is 0 Å². The summed E-state index contributed by atoms with van der Waals surface area (Å²) in [6.07, 6.45) is 11.3. The number of hydrogen-bond donors (Lipinski definition) is 0. The van der Waals surface area contributed by atoms with E-state index < -0.39 is 0 Å². The third kappa shape index (κ3) is 4.10. The summed E-state index contributed by atoms with van der Waals surface area (Å²) in [5.41, 5.74) is 0. The molecular formula is C11H22N. The van der Waals surface area contributed by atoms with Crippen LogP contribution in [0, 0.1) is 0 Å². The van der Waals surface area contributed by atoms with E-state index in [0.717, 1.165) is 12.6 Å². The zero-order chi connectivity index (χ0) is 8.65. The van der Waals surface area contributed by atoms with Crippen molar-refractivity contribution in [1.82, 2.24) is 5.32 Å². The maximum atomic E-state index is 4.40. The molecule has 0 aliphatic carbocycles. The second-order valence-electron chi connectivity index (χ2n) is 3.91. The van der Waals surface area contributed by atoms with E-state index in [9.17, 15) is 0 Å². The van der Waals surface area contributed by atoms with Crippen LogP contribution in [0.4, 0.5) is 0 Å². The van der Waals surface area contributed by atoms with E-state index in [1.165, 1.54) is 51.4 Å². The van der Waals surface area contributed by atoms with Gasteiger partial charge in [0.2, 0.25) is 0 Å². The molecule has 1 saturated heterocycles. The normalized spacial score (nSPS) is 22.2. The van der Waals surface area contributed by atoms with Gasteiger partial charge in [-0.25, -0.2) is 5.32 Å². The van der Waals surface area contributed by atoms with Gasteiger partial charge < -0.3 is 0 Å². The molecule has 0 aromatic rings. The molecular weight excluding hydrogens is 146 g/mol. The molecule has 0 bridgehead atoms. The first-order valence-electron chi connectivity index (χ1n) is 5.60. The molecule has 0 saturated carbocycles. The van der Waals surface area contributed by atoms with E-state index in [2.05, 4.69) is 12.2 Å².